The van der Waals surface area contributed by atoms with Crippen molar-refractivity contribution in [3.05, 3.63) is 16.4 Å². The molecule has 1 atom stereocenters. The van der Waals surface area contributed by atoms with Crippen molar-refractivity contribution < 1.29 is 9.53 Å². The van der Waals surface area contributed by atoms with Gasteiger partial charge in [0.2, 0.25) is 5.91 Å². The highest BCUT2D eigenvalue weighted by molar-refractivity contribution is 6.31. The normalized spacial score (nSPS) is 17.0. The molecule has 1 aliphatic heterocycles. The number of hydrogen-bond acceptors (Lipinski definition) is 4. The predicted molar refractivity (Wildman–Crippen MR) is 81.3 cm³/mol. The fraction of sp³-hybridized carbons (Fsp3) is 0.714. The predicted octanol–water partition coefficient (Wildman–Crippen LogP) is 1.20. The monoisotopic (exact) mass is 314 g/mol. The van der Waals surface area contributed by atoms with Crippen LogP contribution >= 0.6 is 11.6 Å². The largest absolute Gasteiger partial charge is 0.378 e. The molecule has 1 amide bonds. The Labute approximate surface area is 130 Å². The van der Waals surface area contributed by atoms with Gasteiger partial charge in [0.05, 0.1) is 35.7 Å². The molecule has 1 aromatic rings. The van der Waals surface area contributed by atoms with E-state index in [1.165, 1.54) is 0 Å². The number of rotatable bonds is 5. The van der Waals surface area contributed by atoms with E-state index in [-0.39, 0.29) is 11.9 Å². The number of ether oxygens (including phenoxy) is 1. The highest BCUT2D eigenvalue weighted by atomic mass is 35.5. The van der Waals surface area contributed by atoms with Gasteiger partial charge in [-0.25, -0.2) is 0 Å². The maximum atomic E-state index is 12.3. The minimum absolute atomic E-state index is 0.105. The van der Waals surface area contributed by atoms with Gasteiger partial charge in [0.1, 0.15) is 0 Å². The summed E-state index contributed by atoms with van der Waals surface area (Å²) < 4.78 is 7.14. The Morgan fingerprint density at radius 1 is 1.48 bits per heavy atom. The molecule has 1 fully saturated rings. The van der Waals surface area contributed by atoms with Crippen molar-refractivity contribution in [2.24, 2.45) is 0 Å². The highest BCUT2D eigenvalue weighted by Gasteiger charge is 2.23. The molecule has 6 nitrogen and oxygen atoms in total. The molecule has 0 saturated carbocycles. The quantitative estimate of drug-likeness (QED) is 0.887. The van der Waals surface area contributed by atoms with Crippen LogP contribution in [0.4, 0.5) is 0 Å². The number of carbonyl (C=O) groups is 1. The first-order valence-electron chi connectivity index (χ1n) is 7.36. The highest BCUT2D eigenvalue weighted by Crippen LogP contribution is 2.20. The number of aromatic nitrogens is 2. The molecule has 0 aliphatic carbocycles. The summed E-state index contributed by atoms with van der Waals surface area (Å²) in [5.41, 5.74) is 1.75. The summed E-state index contributed by atoms with van der Waals surface area (Å²) in [4.78, 5) is 14.2. The van der Waals surface area contributed by atoms with Gasteiger partial charge in [-0.3, -0.25) is 9.48 Å². The molecule has 1 aliphatic rings. The molecule has 2 heterocycles. The second-order valence-corrected chi connectivity index (χ2v) is 5.58. The number of halogens is 1. The summed E-state index contributed by atoms with van der Waals surface area (Å²) in [6, 6.07) is -0.250. The zero-order valence-electron chi connectivity index (χ0n) is 12.9. The van der Waals surface area contributed by atoms with Gasteiger partial charge < -0.3 is 15.0 Å². The lowest BCUT2D eigenvalue weighted by molar-refractivity contribution is -0.137. The van der Waals surface area contributed by atoms with E-state index in [1.54, 1.807) is 0 Å². The maximum Gasteiger partial charge on any atom is 0.239 e. The second-order valence-electron chi connectivity index (χ2n) is 5.20. The molecule has 1 N–H and O–H groups in total. The first kappa shape index (κ1) is 16.3. The summed E-state index contributed by atoms with van der Waals surface area (Å²) in [5, 5.41) is 8.30. The summed E-state index contributed by atoms with van der Waals surface area (Å²) in [6.45, 7) is 9.65. The van der Waals surface area contributed by atoms with Crippen LogP contribution in [0.5, 0.6) is 0 Å². The van der Waals surface area contributed by atoms with Gasteiger partial charge >= 0.3 is 0 Å². The van der Waals surface area contributed by atoms with Crippen LogP contribution in [0.1, 0.15) is 25.2 Å². The van der Waals surface area contributed by atoms with Gasteiger partial charge in [0, 0.05) is 26.2 Å². The maximum absolute atomic E-state index is 12.3. The number of aryl methyl sites for hydroxylation is 2. The van der Waals surface area contributed by atoms with E-state index in [1.807, 2.05) is 30.4 Å². The molecule has 2 rings (SSSR count). The molecule has 1 aromatic heterocycles. The van der Waals surface area contributed by atoms with Crippen LogP contribution in [0.15, 0.2) is 0 Å². The van der Waals surface area contributed by atoms with Crippen LogP contribution < -0.4 is 5.32 Å². The van der Waals surface area contributed by atoms with Crippen LogP contribution in [0, 0.1) is 6.92 Å². The molecule has 118 valence electrons. The minimum Gasteiger partial charge on any atom is -0.378 e. The van der Waals surface area contributed by atoms with Crippen LogP contribution in [-0.2, 0) is 22.6 Å². The standard InChI is InChI=1S/C14H23ClN4O2/c1-4-19-12(13(15)10(2)17-19)9-16-11(3)14(20)18-5-7-21-8-6-18/h11,16H,4-9H2,1-3H3. The zero-order valence-corrected chi connectivity index (χ0v) is 13.6. The fourth-order valence-electron chi connectivity index (χ4n) is 2.43. The molecule has 0 bridgehead atoms. The van der Waals surface area contributed by atoms with Crippen LogP contribution in [0.25, 0.3) is 0 Å². The number of carbonyl (C=O) groups excluding carboxylic acids is 1. The number of nitrogens with one attached hydrogen (secondary N) is 1. The lowest BCUT2D eigenvalue weighted by atomic mass is 10.2. The SMILES string of the molecule is CCn1nc(C)c(Cl)c1CNC(C)C(=O)N1CCOCC1. The Balaban J connectivity index is 1.94. The van der Waals surface area contributed by atoms with Crippen LogP contribution in [0.3, 0.4) is 0 Å². The van der Waals surface area contributed by atoms with Gasteiger partial charge in [-0.15, -0.1) is 0 Å². The van der Waals surface area contributed by atoms with E-state index in [2.05, 4.69) is 10.4 Å². The molecule has 1 saturated heterocycles. The molecular weight excluding hydrogens is 292 g/mol. The lowest BCUT2D eigenvalue weighted by Crippen LogP contribution is -2.49. The first-order valence-corrected chi connectivity index (χ1v) is 7.74. The molecule has 0 radical (unpaired) electrons. The molecular formula is C14H23ClN4O2. The smallest absolute Gasteiger partial charge is 0.239 e. The van der Waals surface area contributed by atoms with E-state index >= 15 is 0 Å². The van der Waals surface area contributed by atoms with E-state index in [4.69, 9.17) is 16.3 Å². The van der Waals surface area contributed by atoms with Crippen LogP contribution in [0.2, 0.25) is 5.02 Å². The Morgan fingerprint density at radius 2 is 2.14 bits per heavy atom. The molecule has 0 spiro atoms. The Morgan fingerprint density at radius 3 is 2.76 bits per heavy atom. The third kappa shape index (κ3) is 3.75. The van der Waals surface area contributed by atoms with Crippen molar-refractivity contribution in [2.75, 3.05) is 26.3 Å². The van der Waals surface area contributed by atoms with Gasteiger partial charge in [-0.1, -0.05) is 11.6 Å². The van der Waals surface area contributed by atoms with Crippen molar-refractivity contribution in [1.82, 2.24) is 20.0 Å². The second kappa shape index (κ2) is 7.24. The number of hydrogen-bond donors (Lipinski definition) is 1. The minimum atomic E-state index is -0.250. The number of amides is 1. The van der Waals surface area contributed by atoms with Crippen molar-refractivity contribution in [3.63, 3.8) is 0 Å². The van der Waals surface area contributed by atoms with Gasteiger partial charge in [0.15, 0.2) is 0 Å². The average molecular weight is 315 g/mol. The third-order valence-electron chi connectivity index (χ3n) is 3.72. The van der Waals surface area contributed by atoms with Gasteiger partial charge in [-0.2, -0.15) is 5.10 Å². The number of nitrogens with zero attached hydrogens (tertiary/aromatic N) is 3. The summed E-state index contributed by atoms with van der Waals surface area (Å²) in [5.74, 6) is 0.105. The molecule has 7 heteroatoms. The molecule has 0 aromatic carbocycles. The first-order chi connectivity index (χ1) is 10.0. The summed E-state index contributed by atoms with van der Waals surface area (Å²) >= 11 is 6.27. The van der Waals surface area contributed by atoms with E-state index < -0.39 is 0 Å². The lowest BCUT2D eigenvalue weighted by Gasteiger charge is -2.29. The van der Waals surface area contributed by atoms with Crippen molar-refractivity contribution >= 4 is 17.5 Å². The van der Waals surface area contributed by atoms with Crippen molar-refractivity contribution in [1.29, 1.82) is 0 Å². The van der Waals surface area contributed by atoms with Crippen LogP contribution in [-0.4, -0.2) is 52.9 Å². The molecule has 1 unspecified atom stereocenters. The van der Waals surface area contributed by atoms with Gasteiger partial charge in [-0.05, 0) is 20.8 Å². The fourth-order valence-corrected chi connectivity index (χ4v) is 2.63. The van der Waals surface area contributed by atoms with E-state index in [0.29, 0.717) is 37.9 Å². The third-order valence-corrected chi connectivity index (χ3v) is 4.21. The Hall–Kier alpha value is -1.11. The van der Waals surface area contributed by atoms with E-state index in [9.17, 15) is 4.79 Å². The topological polar surface area (TPSA) is 59.4 Å². The van der Waals surface area contributed by atoms with Gasteiger partial charge in [0.25, 0.3) is 0 Å². The summed E-state index contributed by atoms with van der Waals surface area (Å²) in [6.07, 6.45) is 0. The summed E-state index contributed by atoms with van der Waals surface area (Å²) in [7, 11) is 0. The van der Waals surface area contributed by atoms with Crippen molar-refractivity contribution in [3.8, 4) is 0 Å². The Bertz CT molecular complexity index is 497. The zero-order chi connectivity index (χ0) is 15.4. The van der Waals surface area contributed by atoms with Crippen molar-refractivity contribution in [2.45, 2.75) is 39.9 Å². The van der Waals surface area contributed by atoms with E-state index in [0.717, 1.165) is 17.9 Å². The molecule has 21 heavy (non-hydrogen) atoms. The Kier molecular flexibility index (Phi) is 5.61. The average Bonchev–Trinajstić information content (AvgIpc) is 2.79. The number of morpholine rings is 1.